The van der Waals surface area contributed by atoms with Gasteiger partial charge in [0.15, 0.2) is 0 Å². The Morgan fingerprint density at radius 2 is 0.410 bits per heavy atom. The van der Waals surface area contributed by atoms with Gasteiger partial charge in [-0.25, -0.2) is 0 Å². The molecule has 0 amide bonds. The number of rotatable bonds is 21. The van der Waals surface area contributed by atoms with Gasteiger partial charge in [0, 0.05) is 51.2 Å². The van der Waals surface area contributed by atoms with Crippen LogP contribution in [0, 0.1) is 20.8 Å². The minimum Gasteiger partial charge on any atom is -0.494 e. The van der Waals surface area contributed by atoms with Crippen LogP contribution in [0.25, 0.3) is 33.4 Å². The summed E-state index contributed by atoms with van der Waals surface area (Å²) in [6.45, 7) is 14.8. The molecule has 0 radical (unpaired) electrons. The van der Waals surface area contributed by atoms with Gasteiger partial charge in [-0.05, 0) is 237 Å². The summed E-state index contributed by atoms with van der Waals surface area (Å²) in [6, 6.07) is 85.3. The van der Waals surface area contributed by atoms with E-state index in [0.29, 0.717) is 19.8 Å². The topological polar surface area (TPSA) is 37.4 Å². The van der Waals surface area contributed by atoms with Crippen molar-refractivity contribution >= 4 is 51.2 Å². The van der Waals surface area contributed by atoms with Gasteiger partial charge >= 0.3 is 0 Å². The van der Waals surface area contributed by atoms with Crippen molar-refractivity contribution in [2.24, 2.45) is 0 Å². The summed E-state index contributed by atoms with van der Waals surface area (Å²) in [6.07, 6.45) is 2.89. The SMILES string of the molecule is CCCOc1ccc(N(c2ccc(C)cc2)c2ccc(-c3cc(-c4ccc(N(c5ccc(C)cc5)c5ccc(OCCC)cc5)cc4)cc(-c4ccc(N(c5ccc(C)cc5)c5ccc(OCCC)cc5)cc4)c3)cc2)cc1. The Bertz CT molecular complexity index is 3100. The van der Waals surface area contributed by atoms with Crippen LogP contribution in [-0.2, 0) is 0 Å². The van der Waals surface area contributed by atoms with E-state index >= 15 is 0 Å². The molecule has 0 atom stereocenters. The second-order valence-electron chi connectivity index (χ2n) is 20.0. The molecule has 390 valence electrons. The summed E-state index contributed by atoms with van der Waals surface area (Å²) in [5.74, 6) is 2.62. The zero-order valence-corrected chi connectivity index (χ0v) is 45.8. The minimum atomic E-state index is 0.691. The highest BCUT2D eigenvalue weighted by molar-refractivity contribution is 5.86. The van der Waals surface area contributed by atoms with E-state index in [1.54, 1.807) is 0 Å². The summed E-state index contributed by atoms with van der Waals surface area (Å²) in [7, 11) is 0. The van der Waals surface area contributed by atoms with Crippen LogP contribution in [-0.4, -0.2) is 19.8 Å². The number of hydrogen-bond acceptors (Lipinski definition) is 6. The van der Waals surface area contributed by atoms with Gasteiger partial charge in [-0.15, -0.1) is 0 Å². The van der Waals surface area contributed by atoms with E-state index in [9.17, 15) is 0 Å². The van der Waals surface area contributed by atoms with Crippen molar-refractivity contribution in [1.29, 1.82) is 0 Å². The lowest BCUT2D eigenvalue weighted by Crippen LogP contribution is -2.10. The largest absolute Gasteiger partial charge is 0.494 e. The van der Waals surface area contributed by atoms with Crippen molar-refractivity contribution in [3.8, 4) is 50.6 Å². The quantitative estimate of drug-likeness (QED) is 0.0714. The Morgan fingerprint density at radius 1 is 0.231 bits per heavy atom. The molecule has 0 aliphatic heterocycles. The Balaban J connectivity index is 1.04. The Morgan fingerprint density at radius 3 is 0.603 bits per heavy atom. The summed E-state index contributed by atoms with van der Waals surface area (Å²) >= 11 is 0. The zero-order valence-electron chi connectivity index (χ0n) is 45.8. The molecule has 0 N–H and O–H groups in total. The molecule has 0 bridgehead atoms. The molecule has 0 spiro atoms. The van der Waals surface area contributed by atoms with Crippen LogP contribution in [0.2, 0.25) is 0 Å². The Kier molecular flexibility index (Phi) is 16.7. The first kappa shape index (κ1) is 52.4. The molecule has 78 heavy (non-hydrogen) atoms. The van der Waals surface area contributed by atoms with E-state index in [1.807, 2.05) is 0 Å². The minimum absolute atomic E-state index is 0.691. The van der Waals surface area contributed by atoms with Gasteiger partial charge in [-0.3, -0.25) is 0 Å². The van der Waals surface area contributed by atoms with E-state index in [0.717, 1.165) is 121 Å². The molecule has 10 rings (SSSR count). The summed E-state index contributed by atoms with van der Waals surface area (Å²) < 4.78 is 17.9. The van der Waals surface area contributed by atoms with Crippen LogP contribution in [0.5, 0.6) is 17.2 Å². The first-order chi connectivity index (χ1) is 38.2. The monoisotopic (exact) mass is 1020 g/mol. The Labute approximate surface area is 462 Å². The van der Waals surface area contributed by atoms with Crippen LogP contribution < -0.4 is 28.9 Å². The number of anilines is 9. The van der Waals surface area contributed by atoms with E-state index in [2.05, 4.69) is 293 Å². The second kappa shape index (κ2) is 24.8. The summed E-state index contributed by atoms with van der Waals surface area (Å²) in [4.78, 5) is 6.92. The molecule has 0 saturated heterocycles. The van der Waals surface area contributed by atoms with Gasteiger partial charge in [0.2, 0.25) is 0 Å². The first-order valence-corrected chi connectivity index (χ1v) is 27.5. The maximum atomic E-state index is 5.97. The van der Waals surface area contributed by atoms with E-state index in [-0.39, 0.29) is 0 Å². The maximum absolute atomic E-state index is 5.97. The van der Waals surface area contributed by atoms with Gasteiger partial charge < -0.3 is 28.9 Å². The lowest BCUT2D eigenvalue weighted by Gasteiger charge is -2.26. The van der Waals surface area contributed by atoms with Gasteiger partial charge in [-0.1, -0.05) is 110 Å². The van der Waals surface area contributed by atoms with Crippen molar-refractivity contribution in [3.63, 3.8) is 0 Å². The summed E-state index contributed by atoms with van der Waals surface area (Å²) in [5, 5.41) is 0. The van der Waals surface area contributed by atoms with Crippen molar-refractivity contribution in [1.82, 2.24) is 0 Å². The van der Waals surface area contributed by atoms with Gasteiger partial charge in [-0.2, -0.15) is 0 Å². The molecule has 0 unspecified atom stereocenters. The molecule has 6 nitrogen and oxygen atoms in total. The molecular formula is C72H69N3O3. The smallest absolute Gasteiger partial charge is 0.119 e. The fourth-order valence-electron chi connectivity index (χ4n) is 9.69. The van der Waals surface area contributed by atoms with E-state index in [4.69, 9.17) is 14.2 Å². The van der Waals surface area contributed by atoms with Crippen molar-refractivity contribution < 1.29 is 14.2 Å². The number of hydrogen-bond donors (Lipinski definition) is 0. The van der Waals surface area contributed by atoms with E-state index in [1.165, 1.54) is 16.7 Å². The number of aryl methyl sites for hydroxylation is 3. The fourth-order valence-corrected chi connectivity index (χ4v) is 9.69. The van der Waals surface area contributed by atoms with Gasteiger partial charge in [0.25, 0.3) is 0 Å². The normalized spacial score (nSPS) is 11.0. The van der Waals surface area contributed by atoms with Crippen LogP contribution in [0.3, 0.4) is 0 Å². The fraction of sp³-hybridized carbons (Fsp3) is 0.167. The third-order valence-electron chi connectivity index (χ3n) is 13.9. The van der Waals surface area contributed by atoms with Crippen LogP contribution in [0.1, 0.15) is 56.7 Å². The average molecular weight is 1020 g/mol. The highest BCUT2D eigenvalue weighted by atomic mass is 16.5. The predicted octanol–water partition coefficient (Wildman–Crippen LogP) is 20.4. The van der Waals surface area contributed by atoms with Crippen LogP contribution in [0.4, 0.5) is 51.2 Å². The van der Waals surface area contributed by atoms with E-state index < -0.39 is 0 Å². The molecule has 0 heterocycles. The Hall–Kier alpha value is -9.00. The standard InChI is InChI=1S/C72H69N3O3/c1-7-46-76-70-40-34-67(35-41-70)73(61-22-10-52(4)11-23-61)64-28-16-55(17-29-64)58-49-59(56-18-30-65(31-19-56)74(62-24-12-53(5)13-25-62)68-36-42-71(43-37-68)77-47-8-2)51-60(50-58)57-20-32-66(33-21-57)75(63-26-14-54(6)15-27-63)69-38-44-72(45-39-69)78-48-9-3/h10-45,49-51H,7-9,46-48H2,1-6H3. The third kappa shape index (κ3) is 12.5. The number of nitrogens with zero attached hydrogens (tertiary/aromatic N) is 3. The summed E-state index contributed by atoms with van der Waals surface area (Å²) in [5.41, 5.74) is 20.0. The maximum Gasteiger partial charge on any atom is 0.119 e. The van der Waals surface area contributed by atoms with Crippen molar-refractivity contribution in [3.05, 3.63) is 253 Å². The molecule has 6 heteroatoms. The molecule has 0 aliphatic rings. The van der Waals surface area contributed by atoms with Gasteiger partial charge in [0.1, 0.15) is 17.2 Å². The second-order valence-corrected chi connectivity index (χ2v) is 20.0. The predicted molar refractivity (Wildman–Crippen MR) is 328 cm³/mol. The molecule has 0 aromatic heterocycles. The molecular weight excluding hydrogens is 955 g/mol. The molecule has 0 saturated carbocycles. The van der Waals surface area contributed by atoms with Gasteiger partial charge in [0.05, 0.1) is 19.8 Å². The van der Waals surface area contributed by atoms with Crippen LogP contribution in [0.15, 0.2) is 237 Å². The van der Waals surface area contributed by atoms with Crippen LogP contribution >= 0.6 is 0 Å². The van der Waals surface area contributed by atoms with Crippen molar-refractivity contribution in [2.75, 3.05) is 34.5 Å². The highest BCUT2D eigenvalue weighted by Crippen LogP contribution is 2.42. The first-order valence-electron chi connectivity index (χ1n) is 27.5. The number of benzene rings is 10. The highest BCUT2D eigenvalue weighted by Gasteiger charge is 2.18. The molecule has 10 aromatic rings. The third-order valence-corrected chi connectivity index (χ3v) is 13.9. The molecule has 0 aliphatic carbocycles. The average Bonchev–Trinajstić information content (AvgIpc) is 3.51. The molecule has 0 fully saturated rings. The lowest BCUT2D eigenvalue weighted by molar-refractivity contribution is 0.317. The zero-order chi connectivity index (χ0) is 53.8. The van der Waals surface area contributed by atoms with Crippen molar-refractivity contribution in [2.45, 2.75) is 60.8 Å². The molecule has 10 aromatic carbocycles. The lowest BCUT2D eigenvalue weighted by atomic mass is 9.93. The number of ether oxygens (including phenoxy) is 3.